The topological polar surface area (TPSA) is 122 Å². The number of carbonyl (C=O) groups excluding carboxylic acids is 3. The van der Waals surface area contributed by atoms with E-state index in [2.05, 4.69) is 25.5 Å². The van der Waals surface area contributed by atoms with E-state index in [-0.39, 0.29) is 23.4 Å². The van der Waals surface area contributed by atoms with Crippen LogP contribution in [0.15, 0.2) is 97.3 Å². The second-order valence-electron chi connectivity index (χ2n) is 12.1. The van der Waals surface area contributed by atoms with Crippen LogP contribution in [-0.2, 0) is 18.4 Å². The van der Waals surface area contributed by atoms with Gasteiger partial charge in [-0.25, -0.2) is 9.78 Å². The zero-order chi connectivity index (χ0) is 33.2. The van der Waals surface area contributed by atoms with E-state index in [1.807, 2.05) is 66.2 Å². The number of nitrogens with zero attached hydrogens (tertiary/aromatic N) is 5. The summed E-state index contributed by atoms with van der Waals surface area (Å²) >= 11 is 0. The lowest BCUT2D eigenvalue weighted by molar-refractivity contribution is -0.135. The highest BCUT2D eigenvalue weighted by atomic mass is 16.5. The van der Waals surface area contributed by atoms with Crippen LogP contribution >= 0.6 is 0 Å². The molecular formula is C37H35N7O4. The van der Waals surface area contributed by atoms with Gasteiger partial charge < -0.3 is 29.7 Å². The number of hydrogen-bond donors (Lipinski definition) is 2. The van der Waals surface area contributed by atoms with Crippen molar-refractivity contribution >= 4 is 51.9 Å². The Morgan fingerprint density at radius 1 is 1.00 bits per heavy atom. The number of carbonyl (C=O) groups is 3. The molecule has 2 aliphatic rings. The first-order valence-corrected chi connectivity index (χ1v) is 15.9. The predicted octanol–water partition coefficient (Wildman–Crippen LogP) is 6.10. The largest absolute Gasteiger partial charge is 0.452 e. The summed E-state index contributed by atoms with van der Waals surface area (Å²) in [6.07, 6.45) is 10.2. The molecule has 5 aromatic rings. The molecule has 11 heteroatoms. The summed E-state index contributed by atoms with van der Waals surface area (Å²) in [6.45, 7) is 2.05. The van der Waals surface area contributed by atoms with Gasteiger partial charge in [0.25, 0.3) is 0 Å². The first-order chi connectivity index (χ1) is 23.3. The molecule has 2 N–H and O–H groups in total. The quantitative estimate of drug-likeness (QED) is 0.206. The van der Waals surface area contributed by atoms with Gasteiger partial charge in [-0.2, -0.15) is 0 Å². The van der Waals surface area contributed by atoms with Crippen LogP contribution in [0.3, 0.4) is 0 Å². The van der Waals surface area contributed by atoms with Gasteiger partial charge in [0.15, 0.2) is 5.76 Å². The molecule has 242 valence electrons. The van der Waals surface area contributed by atoms with Gasteiger partial charge in [0.2, 0.25) is 11.7 Å². The normalized spacial score (nSPS) is 15.3. The van der Waals surface area contributed by atoms with Gasteiger partial charge in [-0.1, -0.05) is 30.3 Å². The van der Waals surface area contributed by atoms with Crippen LogP contribution in [0, 0.1) is 5.92 Å². The fourth-order valence-electron chi connectivity index (χ4n) is 6.44. The van der Waals surface area contributed by atoms with Crippen molar-refractivity contribution < 1.29 is 19.1 Å². The van der Waals surface area contributed by atoms with Crippen molar-refractivity contribution in [2.45, 2.75) is 19.4 Å². The Hall–Kier alpha value is -5.97. The van der Waals surface area contributed by atoms with Gasteiger partial charge in [-0.3, -0.25) is 14.6 Å². The molecule has 1 saturated heterocycles. The third-order valence-electron chi connectivity index (χ3n) is 8.82. The number of ether oxygens (including phenoxy) is 1. The van der Waals surface area contributed by atoms with Gasteiger partial charge in [-0.05, 0) is 60.9 Å². The Morgan fingerprint density at radius 3 is 2.56 bits per heavy atom. The molecule has 5 heterocycles. The SMILES string of the molecule is CN(Cc1ccccc1)C(=O)C1CCN(c2ccnc3c2c(C=C2Oc4ccc(NC(=O)Nc5cccnc5)cc4C2=O)cn3C)CC1. The summed E-state index contributed by atoms with van der Waals surface area (Å²) in [5.41, 5.74) is 5.08. The molecule has 0 atom stereocenters. The minimum atomic E-state index is -0.450. The van der Waals surface area contributed by atoms with Gasteiger partial charge in [-0.15, -0.1) is 0 Å². The van der Waals surface area contributed by atoms with Crippen LogP contribution < -0.4 is 20.3 Å². The summed E-state index contributed by atoms with van der Waals surface area (Å²) in [7, 11) is 3.80. The van der Waals surface area contributed by atoms with Crippen molar-refractivity contribution in [3.8, 4) is 5.75 Å². The third-order valence-corrected chi connectivity index (χ3v) is 8.82. The Morgan fingerprint density at radius 2 is 1.79 bits per heavy atom. The lowest BCUT2D eigenvalue weighted by atomic mass is 9.94. The third kappa shape index (κ3) is 6.22. The number of hydrogen-bond acceptors (Lipinski definition) is 7. The second-order valence-corrected chi connectivity index (χ2v) is 12.1. The highest BCUT2D eigenvalue weighted by Gasteiger charge is 2.31. The number of pyridine rings is 2. The summed E-state index contributed by atoms with van der Waals surface area (Å²) in [6, 6.07) is 20.0. The van der Waals surface area contributed by atoms with Crippen LogP contribution in [0.4, 0.5) is 21.9 Å². The maximum absolute atomic E-state index is 13.5. The van der Waals surface area contributed by atoms with E-state index in [4.69, 9.17) is 4.74 Å². The Balaban J connectivity index is 1.07. The number of amides is 3. The summed E-state index contributed by atoms with van der Waals surface area (Å²) < 4.78 is 7.96. The summed E-state index contributed by atoms with van der Waals surface area (Å²) in [5.74, 6) is 0.477. The number of benzene rings is 2. The van der Waals surface area contributed by atoms with Crippen molar-refractivity contribution in [1.82, 2.24) is 19.4 Å². The zero-order valence-corrected chi connectivity index (χ0v) is 26.7. The number of urea groups is 1. The first-order valence-electron chi connectivity index (χ1n) is 15.9. The lowest BCUT2D eigenvalue weighted by Crippen LogP contribution is -2.41. The van der Waals surface area contributed by atoms with Gasteiger partial charge >= 0.3 is 6.03 Å². The van der Waals surface area contributed by atoms with Crippen LogP contribution in [0.25, 0.3) is 17.1 Å². The van der Waals surface area contributed by atoms with E-state index in [0.717, 1.165) is 53.8 Å². The Bertz CT molecular complexity index is 2030. The minimum Gasteiger partial charge on any atom is -0.452 e. The molecule has 0 aliphatic carbocycles. The number of anilines is 3. The van der Waals surface area contributed by atoms with Crippen molar-refractivity contribution in [3.63, 3.8) is 0 Å². The first kappa shape index (κ1) is 30.7. The number of piperidine rings is 1. The number of allylic oxidation sites excluding steroid dienone is 1. The molecule has 3 amide bonds. The van der Waals surface area contributed by atoms with Crippen LogP contribution in [0.5, 0.6) is 5.75 Å². The van der Waals surface area contributed by atoms with E-state index in [1.54, 1.807) is 55.0 Å². The highest BCUT2D eigenvalue weighted by Crippen LogP contribution is 2.37. The Kier molecular flexibility index (Phi) is 8.33. The van der Waals surface area contributed by atoms with Crippen molar-refractivity contribution in [2.24, 2.45) is 13.0 Å². The molecule has 0 saturated carbocycles. The maximum Gasteiger partial charge on any atom is 0.323 e. The summed E-state index contributed by atoms with van der Waals surface area (Å²) in [4.78, 5) is 52.1. The number of ketones is 1. The van der Waals surface area contributed by atoms with Crippen molar-refractivity contribution in [2.75, 3.05) is 35.7 Å². The van der Waals surface area contributed by atoms with Crippen LogP contribution in [-0.4, -0.2) is 57.3 Å². The zero-order valence-electron chi connectivity index (χ0n) is 26.7. The number of aryl methyl sites for hydroxylation is 1. The van der Waals surface area contributed by atoms with Crippen molar-refractivity contribution in [3.05, 3.63) is 114 Å². The monoisotopic (exact) mass is 641 g/mol. The minimum absolute atomic E-state index is 0.0338. The van der Waals surface area contributed by atoms with E-state index in [0.29, 0.717) is 29.2 Å². The highest BCUT2D eigenvalue weighted by molar-refractivity contribution is 6.16. The molecule has 0 spiro atoms. The van der Waals surface area contributed by atoms with Gasteiger partial charge in [0, 0.05) is 80.6 Å². The average molecular weight is 642 g/mol. The Labute approximate surface area is 277 Å². The summed E-state index contributed by atoms with van der Waals surface area (Å²) in [5, 5.41) is 6.39. The molecule has 2 aromatic carbocycles. The molecule has 11 nitrogen and oxygen atoms in total. The van der Waals surface area contributed by atoms with E-state index in [1.165, 1.54) is 0 Å². The predicted molar refractivity (Wildman–Crippen MR) is 185 cm³/mol. The number of nitrogens with one attached hydrogen (secondary N) is 2. The van der Waals surface area contributed by atoms with Crippen molar-refractivity contribution in [1.29, 1.82) is 0 Å². The molecule has 2 aliphatic heterocycles. The number of aromatic nitrogens is 3. The smallest absolute Gasteiger partial charge is 0.323 e. The second kappa shape index (κ2) is 13.0. The standard InChI is InChI=1S/C37H35N7O4/c1-42-23-26(19-32-34(45)29-20-27(10-11-31(29)48-32)40-37(47)41-28-9-6-15-38-21-28)33-30(12-16-39-35(33)42)44-17-13-25(14-18-44)36(46)43(2)22-24-7-4-3-5-8-24/h3-12,15-16,19-21,23,25H,13-14,17-18,22H2,1-2H3,(H2,40,41,47). The fraction of sp³-hybridized carbons (Fsp3) is 0.216. The number of rotatable bonds is 7. The van der Waals surface area contributed by atoms with E-state index >= 15 is 0 Å². The molecule has 1 fully saturated rings. The fourth-order valence-corrected chi connectivity index (χ4v) is 6.44. The van der Waals surface area contributed by atoms with Crippen LogP contribution in [0.2, 0.25) is 0 Å². The average Bonchev–Trinajstić information content (AvgIpc) is 3.60. The number of Topliss-reactive ketones (excluding diaryl/α,β-unsaturated/α-hetero) is 1. The molecule has 3 aromatic heterocycles. The molecule has 0 unspecified atom stereocenters. The van der Waals surface area contributed by atoms with E-state index in [9.17, 15) is 14.4 Å². The maximum atomic E-state index is 13.5. The molecular weight excluding hydrogens is 606 g/mol. The van der Waals surface area contributed by atoms with Gasteiger partial charge in [0.05, 0.1) is 17.4 Å². The molecule has 0 bridgehead atoms. The van der Waals surface area contributed by atoms with Gasteiger partial charge in [0.1, 0.15) is 11.4 Å². The molecule has 7 rings (SSSR count). The number of fused-ring (bicyclic) bond motifs is 2. The lowest BCUT2D eigenvalue weighted by Gasteiger charge is -2.35. The molecule has 0 radical (unpaired) electrons. The van der Waals surface area contributed by atoms with Crippen LogP contribution in [0.1, 0.15) is 34.3 Å². The molecule has 48 heavy (non-hydrogen) atoms. The van der Waals surface area contributed by atoms with E-state index < -0.39 is 6.03 Å².